The number of rotatable bonds is 6. The van der Waals surface area contributed by atoms with Gasteiger partial charge in [-0.25, -0.2) is 4.79 Å². The molecule has 0 unspecified atom stereocenters. The normalized spacial score (nSPS) is 11.0. The minimum atomic E-state index is -0.465. The highest BCUT2D eigenvalue weighted by Crippen LogP contribution is 2.25. The summed E-state index contributed by atoms with van der Waals surface area (Å²) in [5, 5.41) is 9.27. The van der Waals surface area contributed by atoms with E-state index in [1.807, 2.05) is 20.8 Å². The van der Waals surface area contributed by atoms with E-state index in [4.69, 9.17) is 15.0 Å². The van der Waals surface area contributed by atoms with Crippen LogP contribution in [0.2, 0.25) is 0 Å². The average molecular weight is 409 g/mol. The third-order valence-electron chi connectivity index (χ3n) is 4.01. The lowest BCUT2D eigenvalue weighted by atomic mass is 9.92. The fraction of sp³-hybridized carbons (Fsp3) is 0.238. The zero-order valence-corrected chi connectivity index (χ0v) is 16.9. The van der Waals surface area contributed by atoms with Gasteiger partial charge in [0, 0.05) is 29.4 Å². The van der Waals surface area contributed by atoms with Crippen molar-refractivity contribution in [2.75, 3.05) is 10.6 Å². The van der Waals surface area contributed by atoms with E-state index < -0.39 is 11.9 Å². The second-order valence-corrected chi connectivity index (χ2v) is 7.66. The summed E-state index contributed by atoms with van der Waals surface area (Å²) in [6.07, 6.45) is 1.58. The van der Waals surface area contributed by atoms with Crippen LogP contribution in [0.5, 0.6) is 11.5 Å². The Hall–Kier alpha value is -3.88. The summed E-state index contributed by atoms with van der Waals surface area (Å²) in [6.45, 7) is 6.01. The molecule has 0 aliphatic heterocycles. The van der Waals surface area contributed by atoms with Gasteiger partial charge < -0.3 is 20.3 Å². The van der Waals surface area contributed by atoms with Crippen molar-refractivity contribution in [3.8, 4) is 11.5 Å². The van der Waals surface area contributed by atoms with Crippen LogP contribution in [-0.4, -0.2) is 22.1 Å². The van der Waals surface area contributed by atoms with Gasteiger partial charge in [-0.1, -0.05) is 25.9 Å². The molecule has 9 nitrogen and oxygen atoms in total. The van der Waals surface area contributed by atoms with Crippen LogP contribution in [0.4, 0.5) is 16.4 Å². The van der Waals surface area contributed by atoms with Gasteiger partial charge in [0.15, 0.2) is 0 Å². The molecule has 9 heteroatoms. The Labute approximate surface area is 173 Å². The Bertz CT molecular complexity index is 1040. The number of aromatic nitrogens is 2. The van der Waals surface area contributed by atoms with Crippen LogP contribution in [-0.2, 0) is 16.6 Å². The molecule has 0 saturated heterocycles. The topological polar surface area (TPSA) is 132 Å². The fourth-order valence-electron chi connectivity index (χ4n) is 2.50. The molecule has 156 valence electrons. The molecule has 2 aromatic heterocycles. The number of nitrogens with one attached hydrogen (secondary N) is 2. The number of carbonyl (C=O) groups excluding carboxylic acids is 2. The number of carbonyl (C=O) groups is 2. The van der Waals surface area contributed by atoms with Gasteiger partial charge in [0.2, 0.25) is 11.8 Å². The summed E-state index contributed by atoms with van der Waals surface area (Å²) in [4.78, 5) is 27.2. The van der Waals surface area contributed by atoms with E-state index in [0.717, 1.165) is 5.69 Å². The third-order valence-corrected chi connectivity index (χ3v) is 4.01. The Kier molecular flexibility index (Phi) is 6.01. The monoisotopic (exact) mass is 409 g/mol. The molecule has 0 fully saturated rings. The molecule has 3 rings (SSSR count). The summed E-state index contributed by atoms with van der Waals surface area (Å²) < 4.78 is 10.9. The van der Waals surface area contributed by atoms with Crippen molar-refractivity contribution >= 4 is 23.5 Å². The molecular weight excluding hydrogens is 386 g/mol. The summed E-state index contributed by atoms with van der Waals surface area (Å²) in [6, 6.07) is 11.4. The molecule has 3 aromatic rings. The second-order valence-electron chi connectivity index (χ2n) is 7.66. The first-order chi connectivity index (χ1) is 14.2. The van der Waals surface area contributed by atoms with Gasteiger partial charge in [-0.05, 0) is 30.3 Å². The van der Waals surface area contributed by atoms with Crippen LogP contribution in [0.3, 0.4) is 0 Å². The Morgan fingerprint density at radius 2 is 1.80 bits per heavy atom. The molecular formula is C21H23N5O4. The van der Waals surface area contributed by atoms with Crippen molar-refractivity contribution in [1.29, 1.82) is 0 Å². The quantitative estimate of drug-likeness (QED) is 0.567. The van der Waals surface area contributed by atoms with Gasteiger partial charge in [-0.15, -0.1) is 0 Å². The molecule has 0 aliphatic rings. The molecule has 0 bridgehead atoms. The van der Waals surface area contributed by atoms with Gasteiger partial charge in [0.05, 0.1) is 17.8 Å². The highest BCUT2D eigenvalue weighted by molar-refractivity contribution is 5.98. The zero-order valence-electron chi connectivity index (χ0n) is 16.9. The summed E-state index contributed by atoms with van der Waals surface area (Å²) in [7, 11) is 0. The third kappa shape index (κ3) is 5.81. The summed E-state index contributed by atoms with van der Waals surface area (Å²) in [5.41, 5.74) is 6.85. The SMILES string of the molecule is CC(C)(C)c1cc(NC(=O)Nc2ccc(Oc3ccnc(CC(N)=O)c3)cc2)on1. The number of hydrogen-bond acceptors (Lipinski definition) is 6. The molecule has 0 aliphatic carbocycles. The standard InChI is InChI=1S/C21H23N5O4/c1-21(2,3)17-12-19(30-26-17)25-20(28)24-13-4-6-15(7-5-13)29-16-8-9-23-14(10-16)11-18(22)27/h4-10,12H,11H2,1-3H3,(H2,22,27)(H2,24,25,28). The van der Waals surface area contributed by atoms with E-state index >= 15 is 0 Å². The number of urea groups is 1. The van der Waals surface area contributed by atoms with Gasteiger partial charge in [-0.3, -0.25) is 15.1 Å². The number of ether oxygens (including phenoxy) is 1. The number of amides is 3. The van der Waals surface area contributed by atoms with Crippen LogP contribution < -0.4 is 21.1 Å². The first-order valence-electron chi connectivity index (χ1n) is 9.25. The number of hydrogen-bond donors (Lipinski definition) is 3. The van der Waals surface area contributed by atoms with Gasteiger partial charge in [0.25, 0.3) is 0 Å². The Morgan fingerprint density at radius 1 is 1.07 bits per heavy atom. The van der Waals surface area contributed by atoms with Crippen LogP contribution in [0.15, 0.2) is 53.2 Å². The highest BCUT2D eigenvalue weighted by Gasteiger charge is 2.19. The Morgan fingerprint density at radius 3 is 2.43 bits per heavy atom. The average Bonchev–Trinajstić information content (AvgIpc) is 3.12. The Balaban J connectivity index is 1.57. The first kappa shape index (κ1) is 20.8. The van der Waals surface area contributed by atoms with Crippen molar-refractivity contribution < 1.29 is 18.8 Å². The lowest BCUT2D eigenvalue weighted by molar-refractivity contribution is -0.117. The van der Waals surface area contributed by atoms with E-state index in [1.165, 1.54) is 0 Å². The van der Waals surface area contributed by atoms with E-state index in [1.54, 1.807) is 48.7 Å². The van der Waals surface area contributed by atoms with Crippen LogP contribution in [0.1, 0.15) is 32.2 Å². The van der Waals surface area contributed by atoms with E-state index in [-0.39, 0.29) is 17.7 Å². The fourth-order valence-corrected chi connectivity index (χ4v) is 2.50. The molecule has 2 heterocycles. The smallest absolute Gasteiger partial charge is 0.326 e. The maximum absolute atomic E-state index is 12.2. The number of pyridine rings is 1. The van der Waals surface area contributed by atoms with Crippen LogP contribution in [0, 0.1) is 0 Å². The highest BCUT2D eigenvalue weighted by atomic mass is 16.5. The molecule has 1 aromatic carbocycles. The maximum atomic E-state index is 12.2. The van der Waals surface area contributed by atoms with Crippen molar-refractivity contribution in [1.82, 2.24) is 10.1 Å². The van der Waals surface area contributed by atoms with Crippen LogP contribution >= 0.6 is 0 Å². The van der Waals surface area contributed by atoms with Crippen molar-refractivity contribution in [3.63, 3.8) is 0 Å². The van der Waals surface area contributed by atoms with Crippen molar-refractivity contribution in [2.24, 2.45) is 5.73 Å². The first-order valence-corrected chi connectivity index (χ1v) is 9.25. The lowest BCUT2D eigenvalue weighted by Gasteiger charge is -2.12. The van der Waals surface area contributed by atoms with E-state index in [9.17, 15) is 9.59 Å². The van der Waals surface area contributed by atoms with Crippen LogP contribution in [0.25, 0.3) is 0 Å². The zero-order chi connectivity index (χ0) is 21.7. The molecule has 0 atom stereocenters. The number of nitrogens with zero attached hydrogens (tertiary/aromatic N) is 2. The number of anilines is 2. The number of benzene rings is 1. The van der Waals surface area contributed by atoms with Gasteiger partial charge in [0.1, 0.15) is 11.5 Å². The number of nitrogens with two attached hydrogens (primary N) is 1. The summed E-state index contributed by atoms with van der Waals surface area (Å²) >= 11 is 0. The molecule has 0 saturated carbocycles. The van der Waals surface area contributed by atoms with Crippen molar-refractivity contribution in [2.45, 2.75) is 32.6 Å². The minimum Gasteiger partial charge on any atom is -0.457 e. The number of primary amides is 1. The second kappa shape index (κ2) is 8.64. The molecule has 4 N–H and O–H groups in total. The van der Waals surface area contributed by atoms with E-state index in [2.05, 4.69) is 20.8 Å². The molecule has 3 amide bonds. The molecule has 30 heavy (non-hydrogen) atoms. The predicted octanol–water partition coefficient (Wildman–Crippen LogP) is 3.83. The predicted molar refractivity (Wildman–Crippen MR) is 111 cm³/mol. The largest absolute Gasteiger partial charge is 0.457 e. The van der Waals surface area contributed by atoms with Gasteiger partial charge >= 0.3 is 6.03 Å². The summed E-state index contributed by atoms with van der Waals surface area (Å²) in [5.74, 6) is 0.886. The lowest BCUT2D eigenvalue weighted by Crippen LogP contribution is -2.19. The van der Waals surface area contributed by atoms with Crippen molar-refractivity contribution in [3.05, 3.63) is 60.0 Å². The van der Waals surface area contributed by atoms with Gasteiger partial charge in [-0.2, -0.15) is 0 Å². The molecule has 0 spiro atoms. The minimum absolute atomic E-state index is 0.0393. The molecule has 0 radical (unpaired) electrons. The maximum Gasteiger partial charge on any atom is 0.326 e. The van der Waals surface area contributed by atoms with E-state index in [0.29, 0.717) is 22.9 Å².